The third-order valence-corrected chi connectivity index (χ3v) is 12.0. The first-order valence-electron chi connectivity index (χ1n) is 13.4. The topological polar surface area (TPSA) is 346 Å². The van der Waals surface area contributed by atoms with Crippen LogP contribution in [-0.2, 0) is 47.5 Å². The van der Waals surface area contributed by atoms with E-state index >= 15 is 0 Å². The predicted octanol–water partition coefficient (Wildman–Crippen LogP) is 1.23. The molecule has 0 saturated carbocycles. The van der Waals surface area contributed by atoms with E-state index in [9.17, 15) is 37.9 Å². The average Bonchev–Trinajstić information content (AvgIpc) is 3.38. The maximum atomic E-state index is 12.7. The normalized spacial score (nSPS) is 21.0. The first kappa shape index (κ1) is 42.2. The fourth-order valence-electron chi connectivity index (χ4n) is 3.83. The molecule has 1 aromatic rings. The van der Waals surface area contributed by atoms with Gasteiger partial charge in [-0.15, -0.1) is 6.58 Å². The lowest BCUT2D eigenvalue weighted by Gasteiger charge is -2.21. The molecule has 23 nitrogen and oxygen atoms in total. The largest absolute Gasteiger partial charge is 0.490 e. The van der Waals surface area contributed by atoms with Crippen molar-refractivity contribution >= 4 is 51.1 Å². The van der Waals surface area contributed by atoms with Crippen LogP contribution in [0.5, 0.6) is 0 Å². The number of ether oxygens (including phenoxy) is 3. The highest BCUT2D eigenvalue weighted by Gasteiger charge is 2.43. The maximum Gasteiger partial charge on any atom is 0.490 e. The van der Waals surface area contributed by atoms with Crippen molar-refractivity contribution in [1.29, 1.82) is 0 Å². The quantitative estimate of drug-likeness (QED) is 0.0165. The number of carbonyl (C=O) groups is 1. The maximum absolute atomic E-state index is 12.7. The van der Waals surface area contributed by atoms with Gasteiger partial charge in [-0.1, -0.05) is 32.8 Å². The van der Waals surface area contributed by atoms with E-state index in [1.807, 2.05) is 0 Å². The van der Waals surface area contributed by atoms with Gasteiger partial charge in [0.15, 0.2) is 0 Å². The minimum atomic E-state index is -5.80. The number of hydrogen-bond acceptors (Lipinski definition) is 16. The van der Waals surface area contributed by atoms with E-state index in [1.165, 1.54) is 23.1 Å². The van der Waals surface area contributed by atoms with Crippen molar-refractivity contribution in [1.82, 2.24) is 14.9 Å². The van der Waals surface area contributed by atoms with E-state index in [0.29, 0.717) is 12.3 Å². The molecule has 4 unspecified atom stereocenters. The van der Waals surface area contributed by atoms with Gasteiger partial charge in [-0.2, -0.15) is 8.62 Å². The number of nitrogens with zero attached hydrogens (tertiary/aromatic N) is 4. The number of aromatic amines is 1. The Morgan fingerprint density at radius 2 is 1.96 bits per heavy atom. The molecule has 6 atom stereocenters. The zero-order valence-electron chi connectivity index (χ0n) is 24.7. The number of amides is 1. The molecule has 1 aliphatic rings. The molecule has 1 aromatic heterocycles. The lowest BCUT2D eigenvalue weighted by molar-refractivity contribution is -0.0601. The number of H-pyrrole nitrogens is 1. The van der Waals surface area contributed by atoms with E-state index in [0.717, 1.165) is 10.3 Å². The number of carbonyl (C=O) groups excluding carboxylic acids is 1. The number of alkyl carbamates (subject to hydrolysis) is 1. The molecule has 2 heterocycles. The summed E-state index contributed by atoms with van der Waals surface area (Å²) in [5.41, 5.74) is 12.4. The molecule has 0 aliphatic carbocycles. The van der Waals surface area contributed by atoms with Crippen LogP contribution in [0.2, 0.25) is 0 Å². The van der Waals surface area contributed by atoms with Gasteiger partial charge in [0.1, 0.15) is 25.7 Å². The number of phosphoric ester groups is 1. The van der Waals surface area contributed by atoms with Crippen molar-refractivity contribution < 1.29 is 65.4 Å². The van der Waals surface area contributed by atoms with Crippen LogP contribution in [0.1, 0.15) is 18.2 Å². The molecule has 1 aliphatic heterocycles. The van der Waals surface area contributed by atoms with Crippen molar-refractivity contribution in [2.75, 3.05) is 44.5 Å². The van der Waals surface area contributed by atoms with E-state index < -0.39 is 78.5 Å². The summed E-state index contributed by atoms with van der Waals surface area (Å²) in [6.07, 6.45) is -1.85. The van der Waals surface area contributed by atoms with Gasteiger partial charge in [0, 0.05) is 47.7 Å². The third-order valence-electron chi connectivity index (χ3n) is 5.77. The summed E-state index contributed by atoms with van der Waals surface area (Å²) in [7, 11) is -13.9. The second-order valence-electron chi connectivity index (χ2n) is 9.29. The van der Waals surface area contributed by atoms with Crippen LogP contribution in [-0.4, -0.2) is 92.0 Å². The monoisotopic (exact) mass is 785 g/mol. The number of nitrogens with one attached hydrogen (secondary N) is 2. The number of phosphoric acid groups is 3. The highest BCUT2D eigenvalue weighted by atomic mass is 33.1. The molecule has 1 fully saturated rings. The zero-order valence-corrected chi connectivity index (χ0v) is 29.1. The highest BCUT2D eigenvalue weighted by molar-refractivity contribution is 8.76. The van der Waals surface area contributed by atoms with Crippen LogP contribution in [0.15, 0.2) is 33.6 Å². The smallest absolute Gasteiger partial charge is 0.449 e. The van der Waals surface area contributed by atoms with Gasteiger partial charge >= 0.3 is 35.3 Å². The lowest BCUT2D eigenvalue weighted by Crippen LogP contribution is -2.36. The molecular weight excluding hydrogens is 751 g/mol. The molecule has 1 saturated heterocycles. The van der Waals surface area contributed by atoms with Gasteiger partial charge in [-0.25, -0.2) is 23.3 Å². The highest BCUT2D eigenvalue weighted by Crippen LogP contribution is 2.66. The SMILES string of the molecule is C=CC(CNC(=O)OCCSSCCN)Cc1cn([C@H]2CC(OCN=[N+]=[N-])[C@@H](COP(=O)(O)OP(=O)(O)OP(=O)(O)O)O2)c(=O)[nH]c1=O. The van der Waals surface area contributed by atoms with Crippen molar-refractivity contribution in [2.45, 2.75) is 31.3 Å². The van der Waals surface area contributed by atoms with Gasteiger partial charge in [-0.05, 0) is 17.9 Å². The molecule has 8 N–H and O–H groups in total. The van der Waals surface area contributed by atoms with E-state index in [4.69, 9.17) is 35.3 Å². The standard InChI is InChI=1S/C20H34N7O16P3S2/c1-2-13(9-23-20(30)38-4-6-48-47-5-3-21)7-14-10-27(19(29)25-18(14)28)17-8-15(39-12-24-26-22)16(41-17)11-40-45(34,35)43-46(36,37)42-44(31,32)33/h2,10,13,15-17H,1,3-9,11-12,21H2,(H,23,30)(H,34,35)(H,36,37)(H,25,28,29)(H2,31,32,33)/t13?,15?,16-,17-/m1/s1. The van der Waals surface area contributed by atoms with Crippen LogP contribution in [0.25, 0.3) is 10.4 Å². The Morgan fingerprint density at radius 3 is 2.60 bits per heavy atom. The summed E-state index contributed by atoms with van der Waals surface area (Å²) in [4.78, 5) is 78.6. The van der Waals surface area contributed by atoms with E-state index in [-0.39, 0.29) is 31.6 Å². The zero-order chi connectivity index (χ0) is 36.0. The fraction of sp³-hybridized carbons (Fsp3) is 0.650. The van der Waals surface area contributed by atoms with Crippen molar-refractivity contribution in [3.05, 3.63) is 55.7 Å². The fourth-order valence-corrected chi connectivity index (χ4v) is 8.54. The minimum absolute atomic E-state index is 0.00395. The Bertz CT molecular complexity index is 1550. The summed E-state index contributed by atoms with van der Waals surface area (Å²) >= 11 is 0. The van der Waals surface area contributed by atoms with Gasteiger partial charge < -0.3 is 44.8 Å². The van der Waals surface area contributed by atoms with Crippen LogP contribution < -0.4 is 22.3 Å². The molecule has 28 heteroatoms. The van der Waals surface area contributed by atoms with Crippen LogP contribution >= 0.6 is 45.1 Å². The molecule has 0 spiro atoms. The predicted molar refractivity (Wildman–Crippen MR) is 169 cm³/mol. The molecule has 1 amide bonds. The van der Waals surface area contributed by atoms with Gasteiger partial charge in [0.25, 0.3) is 5.56 Å². The third kappa shape index (κ3) is 15.7. The Labute approximate surface area is 279 Å². The molecule has 0 bridgehead atoms. The van der Waals surface area contributed by atoms with Crippen molar-refractivity contribution in [2.24, 2.45) is 16.8 Å². The summed E-state index contributed by atoms with van der Waals surface area (Å²) in [6.45, 7) is 2.95. The Balaban J connectivity index is 2.12. The number of hydrogen-bond donors (Lipinski definition) is 7. The first-order valence-corrected chi connectivity index (χ1v) is 20.4. The Kier molecular flexibility index (Phi) is 17.6. The molecule has 0 aromatic carbocycles. The molecule has 2 rings (SSSR count). The summed E-state index contributed by atoms with van der Waals surface area (Å²) in [6, 6.07) is 0. The van der Waals surface area contributed by atoms with Crippen LogP contribution in [0.3, 0.4) is 0 Å². The van der Waals surface area contributed by atoms with Gasteiger partial charge in [0.2, 0.25) is 0 Å². The molecule has 272 valence electrons. The van der Waals surface area contributed by atoms with E-state index in [1.54, 1.807) is 10.8 Å². The summed E-state index contributed by atoms with van der Waals surface area (Å²) in [5, 5.41) is 5.78. The van der Waals surface area contributed by atoms with Crippen molar-refractivity contribution in [3.63, 3.8) is 0 Å². The average molecular weight is 786 g/mol. The molecule has 48 heavy (non-hydrogen) atoms. The lowest BCUT2D eigenvalue weighted by atomic mass is 10.0. The Hall–Kier alpha value is -2.01. The molecule has 0 radical (unpaired) electrons. The number of rotatable bonds is 22. The first-order chi connectivity index (χ1) is 22.5. The summed E-state index contributed by atoms with van der Waals surface area (Å²) < 4.78 is 63.8. The van der Waals surface area contributed by atoms with E-state index in [2.05, 4.69) is 40.1 Å². The number of azide groups is 1. The second kappa shape index (κ2) is 20.0. The summed E-state index contributed by atoms with van der Waals surface area (Å²) in [5.74, 6) is 0.832. The van der Waals surface area contributed by atoms with Crippen molar-refractivity contribution in [3.8, 4) is 0 Å². The van der Waals surface area contributed by atoms with Gasteiger partial charge in [-0.3, -0.25) is 18.9 Å². The Morgan fingerprint density at radius 1 is 1.25 bits per heavy atom. The van der Waals surface area contributed by atoms with Crippen LogP contribution in [0.4, 0.5) is 4.79 Å². The number of aromatic nitrogens is 2. The minimum Gasteiger partial charge on any atom is -0.449 e. The van der Waals surface area contributed by atoms with Gasteiger partial charge in [0.05, 0.1) is 12.7 Å². The second-order valence-corrected chi connectivity index (χ2v) is 16.4. The molecular formula is C20H34N7O16P3S2. The number of nitrogens with two attached hydrogens (primary N) is 1. The van der Waals surface area contributed by atoms with Crippen LogP contribution in [0, 0.1) is 5.92 Å².